The second-order valence-corrected chi connectivity index (χ2v) is 10.2. The maximum Gasteiger partial charge on any atom is 0.513 e. The van der Waals surface area contributed by atoms with E-state index in [0.29, 0.717) is 5.75 Å². The maximum atomic E-state index is 12.6. The minimum atomic E-state index is -1.39. The Bertz CT molecular complexity index is 1090. The highest BCUT2D eigenvalue weighted by atomic mass is 16.8. The number of hydrogen-bond donors (Lipinski definition) is 0. The Morgan fingerprint density at radius 1 is 0.714 bits per heavy atom. The number of carbonyl (C=O) groups excluding carboxylic acids is 5. The average Bonchev–Trinajstić information content (AvgIpc) is 2.87. The van der Waals surface area contributed by atoms with Crippen LogP contribution >= 0.6 is 0 Å². The third-order valence-electron chi connectivity index (χ3n) is 6.04. The molecule has 1 aliphatic heterocycles. The monoisotopic (exact) mass is 596 g/mol. The van der Waals surface area contributed by atoms with Gasteiger partial charge in [-0.05, 0) is 23.0 Å². The molecule has 1 aromatic rings. The smallest absolute Gasteiger partial charge is 0.463 e. The van der Waals surface area contributed by atoms with E-state index in [1.54, 1.807) is 0 Å². The van der Waals surface area contributed by atoms with Crippen LogP contribution in [0.4, 0.5) is 4.79 Å². The normalized spacial score (nSPS) is 21.8. The molecule has 0 amide bonds. The van der Waals surface area contributed by atoms with E-state index in [-0.39, 0.29) is 25.0 Å². The van der Waals surface area contributed by atoms with Crippen LogP contribution in [-0.2, 0) is 52.3 Å². The van der Waals surface area contributed by atoms with E-state index < -0.39 is 67.3 Å². The van der Waals surface area contributed by atoms with Gasteiger partial charge in [-0.3, -0.25) is 19.2 Å². The zero-order valence-corrected chi connectivity index (χ0v) is 25.2. The molecule has 1 aromatic carbocycles. The van der Waals surface area contributed by atoms with Gasteiger partial charge in [0.15, 0.2) is 24.6 Å². The van der Waals surface area contributed by atoms with E-state index in [0.717, 1.165) is 31.9 Å². The number of esters is 4. The molecule has 5 atom stereocenters. The Morgan fingerprint density at radius 3 is 1.74 bits per heavy atom. The Balaban J connectivity index is 2.18. The van der Waals surface area contributed by atoms with Crippen LogP contribution in [0, 0.1) is 0 Å². The average molecular weight is 597 g/mol. The quantitative estimate of drug-likeness (QED) is 0.149. The fourth-order valence-corrected chi connectivity index (χ4v) is 4.33. The molecular weight excluding hydrogens is 556 g/mol. The minimum absolute atomic E-state index is 0.0948. The number of para-hydroxylation sites is 1. The molecule has 0 aromatic heterocycles. The van der Waals surface area contributed by atoms with Gasteiger partial charge in [0.05, 0.1) is 6.61 Å². The SMILES string of the molecule is CC(=O)OC[C@H]1O[C@H](OCCOC(=O)Oc2c(C(C)C)cccc2C(C)C)[C@H](OC(C)=O)[C@@H](OC(C)=O)[C@@H]1OC(C)=O. The molecule has 0 spiro atoms. The van der Waals surface area contributed by atoms with Crippen LogP contribution in [0.25, 0.3) is 0 Å². The molecule has 0 bridgehead atoms. The first kappa shape index (κ1) is 34.5. The van der Waals surface area contributed by atoms with Gasteiger partial charge in [0.25, 0.3) is 0 Å². The molecule has 13 nitrogen and oxygen atoms in total. The van der Waals surface area contributed by atoms with Crippen molar-refractivity contribution < 1.29 is 61.9 Å². The summed E-state index contributed by atoms with van der Waals surface area (Å²) >= 11 is 0. The fraction of sp³-hybridized carbons (Fsp3) is 0.621. The van der Waals surface area contributed by atoms with Crippen LogP contribution in [-0.4, -0.2) is 80.6 Å². The van der Waals surface area contributed by atoms with Crippen molar-refractivity contribution in [2.24, 2.45) is 0 Å². The highest BCUT2D eigenvalue weighted by Crippen LogP contribution is 2.35. The van der Waals surface area contributed by atoms with Crippen molar-refractivity contribution in [3.8, 4) is 5.75 Å². The number of ether oxygens (including phenoxy) is 8. The molecule has 0 N–H and O–H groups in total. The van der Waals surface area contributed by atoms with Crippen molar-refractivity contribution in [3.63, 3.8) is 0 Å². The fourth-order valence-electron chi connectivity index (χ4n) is 4.33. The van der Waals surface area contributed by atoms with Crippen LogP contribution in [0.3, 0.4) is 0 Å². The summed E-state index contributed by atoms with van der Waals surface area (Å²) in [4.78, 5) is 59.7. The molecule has 1 fully saturated rings. The Kier molecular flexibility index (Phi) is 13.2. The summed E-state index contributed by atoms with van der Waals surface area (Å²) in [7, 11) is 0. The van der Waals surface area contributed by atoms with Gasteiger partial charge < -0.3 is 37.9 Å². The number of benzene rings is 1. The zero-order chi connectivity index (χ0) is 31.6. The highest BCUT2D eigenvalue weighted by molar-refractivity contribution is 5.69. The first-order valence-electron chi connectivity index (χ1n) is 13.6. The standard InChI is InChI=1S/C29H40O13/c1-15(2)21-10-9-11-22(16(3)4)24(21)42-29(34)36-13-12-35-28-27(40-20(8)33)26(39-19(7)32)25(38-18(6)31)23(41-28)14-37-17(5)30/h9-11,15-16,23,25-28H,12-14H2,1-8H3/t23-,25-,26+,27-,28+/m1/s1. The van der Waals surface area contributed by atoms with Gasteiger partial charge in [-0.2, -0.15) is 0 Å². The van der Waals surface area contributed by atoms with Crippen LogP contribution in [0.2, 0.25) is 0 Å². The molecule has 2 rings (SSSR count). The first-order chi connectivity index (χ1) is 19.7. The summed E-state index contributed by atoms with van der Waals surface area (Å²) in [6, 6.07) is 5.67. The molecule has 0 aliphatic carbocycles. The molecule has 1 saturated heterocycles. The van der Waals surface area contributed by atoms with Gasteiger partial charge in [0, 0.05) is 27.7 Å². The summed E-state index contributed by atoms with van der Waals surface area (Å²) in [6.45, 7) is 11.5. The van der Waals surface area contributed by atoms with E-state index in [2.05, 4.69) is 0 Å². The number of rotatable bonds is 12. The van der Waals surface area contributed by atoms with Gasteiger partial charge in [-0.15, -0.1) is 0 Å². The van der Waals surface area contributed by atoms with Crippen LogP contribution in [0.1, 0.15) is 78.4 Å². The van der Waals surface area contributed by atoms with Crippen molar-refractivity contribution in [2.45, 2.75) is 97.9 Å². The predicted molar refractivity (Wildman–Crippen MR) is 145 cm³/mol. The van der Waals surface area contributed by atoms with Crippen molar-refractivity contribution >= 4 is 30.0 Å². The van der Waals surface area contributed by atoms with Crippen LogP contribution < -0.4 is 4.74 Å². The molecule has 1 aliphatic rings. The Labute approximate surface area is 245 Å². The summed E-state index contributed by atoms with van der Waals surface area (Å²) in [6.07, 6.45) is -7.57. The summed E-state index contributed by atoms with van der Waals surface area (Å²) < 4.78 is 43.4. The largest absolute Gasteiger partial charge is 0.513 e. The first-order valence-corrected chi connectivity index (χ1v) is 13.6. The maximum absolute atomic E-state index is 12.6. The summed E-state index contributed by atoms with van der Waals surface area (Å²) in [5.41, 5.74) is 1.71. The zero-order valence-electron chi connectivity index (χ0n) is 25.2. The lowest BCUT2D eigenvalue weighted by molar-refractivity contribution is -0.308. The van der Waals surface area contributed by atoms with Crippen LogP contribution in [0.15, 0.2) is 18.2 Å². The van der Waals surface area contributed by atoms with Crippen LogP contribution in [0.5, 0.6) is 5.75 Å². The molecule has 234 valence electrons. The number of carbonyl (C=O) groups is 5. The third kappa shape index (κ3) is 10.3. The predicted octanol–water partition coefficient (Wildman–Crippen LogP) is 3.55. The number of hydrogen-bond acceptors (Lipinski definition) is 13. The Hall–Kier alpha value is -3.71. The lowest BCUT2D eigenvalue weighted by Crippen LogP contribution is -2.63. The molecule has 42 heavy (non-hydrogen) atoms. The van der Waals surface area contributed by atoms with Gasteiger partial charge in [-0.25, -0.2) is 4.79 Å². The highest BCUT2D eigenvalue weighted by Gasteiger charge is 2.52. The molecule has 13 heteroatoms. The second kappa shape index (κ2) is 16.1. The third-order valence-corrected chi connectivity index (χ3v) is 6.04. The molecule has 0 radical (unpaired) electrons. The summed E-state index contributed by atoms with van der Waals surface area (Å²) in [5, 5.41) is 0. The van der Waals surface area contributed by atoms with E-state index >= 15 is 0 Å². The van der Waals surface area contributed by atoms with E-state index in [1.165, 1.54) is 6.92 Å². The lowest BCUT2D eigenvalue weighted by atomic mass is 9.94. The van der Waals surface area contributed by atoms with Gasteiger partial charge in [-0.1, -0.05) is 45.9 Å². The second-order valence-electron chi connectivity index (χ2n) is 10.2. The molecule has 0 saturated carbocycles. The van der Waals surface area contributed by atoms with E-state index in [1.807, 2.05) is 45.9 Å². The van der Waals surface area contributed by atoms with Crippen molar-refractivity contribution in [1.29, 1.82) is 0 Å². The van der Waals surface area contributed by atoms with E-state index in [9.17, 15) is 24.0 Å². The van der Waals surface area contributed by atoms with Crippen molar-refractivity contribution in [1.82, 2.24) is 0 Å². The van der Waals surface area contributed by atoms with E-state index in [4.69, 9.17) is 37.9 Å². The molecule has 0 unspecified atom stereocenters. The summed E-state index contributed by atoms with van der Waals surface area (Å²) in [5.74, 6) is -2.30. The van der Waals surface area contributed by atoms with Crippen molar-refractivity contribution in [2.75, 3.05) is 19.8 Å². The minimum Gasteiger partial charge on any atom is -0.463 e. The Morgan fingerprint density at radius 2 is 1.24 bits per heavy atom. The van der Waals surface area contributed by atoms with Gasteiger partial charge in [0.2, 0.25) is 0 Å². The molecule has 1 heterocycles. The van der Waals surface area contributed by atoms with Gasteiger partial charge >= 0.3 is 30.0 Å². The molecular formula is C29H40O13. The van der Waals surface area contributed by atoms with Crippen molar-refractivity contribution in [3.05, 3.63) is 29.3 Å². The topological polar surface area (TPSA) is 159 Å². The van der Waals surface area contributed by atoms with Gasteiger partial charge in [0.1, 0.15) is 25.1 Å². The lowest BCUT2D eigenvalue weighted by Gasteiger charge is -2.44.